The van der Waals surface area contributed by atoms with Crippen molar-refractivity contribution in [3.8, 4) is 17.2 Å². The number of H-pyrrole nitrogens is 1. The summed E-state index contributed by atoms with van der Waals surface area (Å²) >= 11 is 12.6. The van der Waals surface area contributed by atoms with Crippen LogP contribution in [0, 0.1) is 0 Å². The lowest BCUT2D eigenvalue weighted by molar-refractivity contribution is 0.0945. The summed E-state index contributed by atoms with van der Waals surface area (Å²) in [4.78, 5) is 37.2. The number of carbonyl (C=O) groups is 1. The van der Waals surface area contributed by atoms with Crippen molar-refractivity contribution >= 4 is 29.1 Å². The third kappa shape index (κ3) is 3.39. The predicted molar refractivity (Wildman–Crippen MR) is 103 cm³/mol. The molecule has 2 heterocycles. The Hall–Kier alpha value is -3.10. The van der Waals surface area contributed by atoms with E-state index >= 15 is 0 Å². The molecule has 1 amide bonds. The molecule has 1 aromatic heterocycles. The maximum atomic E-state index is 12.0. The Morgan fingerprint density at radius 3 is 2.54 bits per heavy atom. The minimum atomic E-state index is -0.728. The molecule has 0 bridgehead atoms. The number of benzene rings is 2. The summed E-state index contributed by atoms with van der Waals surface area (Å²) in [6.07, 6.45) is 1.71. The van der Waals surface area contributed by atoms with E-state index in [0.717, 1.165) is 22.9 Å². The van der Waals surface area contributed by atoms with Gasteiger partial charge in [0.25, 0.3) is 11.5 Å². The molecule has 0 saturated heterocycles. The third-order valence-electron chi connectivity index (χ3n) is 4.17. The largest absolute Gasteiger partial charge is 0.454 e. The van der Waals surface area contributed by atoms with Crippen LogP contribution < -0.4 is 21.3 Å². The normalized spacial score (nSPS) is 13.0. The fourth-order valence-electron chi connectivity index (χ4n) is 2.88. The zero-order valence-electron chi connectivity index (χ0n) is 14.2. The van der Waals surface area contributed by atoms with Gasteiger partial charge in [-0.05, 0) is 36.2 Å². The fourth-order valence-corrected chi connectivity index (χ4v) is 3.43. The van der Waals surface area contributed by atoms with E-state index in [9.17, 15) is 14.4 Å². The first-order valence-corrected chi connectivity index (χ1v) is 8.95. The molecule has 10 heteroatoms. The number of fused-ring (bicyclic) bond motifs is 1. The Kier molecular flexibility index (Phi) is 4.66. The number of halogens is 2. The molecule has 0 saturated carbocycles. The molecule has 3 aromatic rings. The first-order chi connectivity index (χ1) is 13.4. The minimum absolute atomic E-state index is 0.129. The van der Waals surface area contributed by atoms with Gasteiger partial charge in [0, 0.05) is 12.1 Å². The molecule has 4 rings (SSSR count). The number of amides is 1. The van der Waals surface area contributed by atoms with Crippen molar-refractivity contribution in [2.45, 2.75) is 6.42 Å². The first-order valence-electron chi connectivity index (χ1n) is 8.19. The molecule has 0 spiro atoms. The summed E-state index contributed by atoms with van der Waals surface area (Å²) in [6, 6.07) is 8.04. The van der Waals surface area contributed by atoms with Crippen molar-refractivity contribution in [3.05, 3.63) is 78.5 Å². The number of aromatic nitrogens is 3. The van der Waals surface area contributed by atoms with E-state index in [1.54, 1.807) is 12.1 Å². The molecule has 2 aromatic carbocycles. The topological polar surface area (TPSA) is 106 Å². The van der Waals surface area contributed by atoms with Crippen LogP contribution >= 0.6 is 23.2 Å². The second kappa shape index (κ2) is 7.14. The van der Waals surface area contributed by atoms with Crippen molar-refractivity contribution in [3.63, 3.8) is 0 Å². The molecule has 0 fully saturated rings. The Morgan fingerprint density at radius 1 is 1.07 bits per heavy atom. The van der Waals surface area contributed by atoms with Crippen LogP contribution in [0.25, 0.3) is 5.69 Å². The molecule has 0 radical (unpaired) electrons. The smallest absolute Gasteiger partial charge is 0.349 e. The molecule has 0 atom stereocenters. The number of rotatable bonds is 3. The van der Waals surface area contributed by atoms with E-state index in [1.807, 2.05) is 6.07 Å². The number of nitrogens with one attached hydrogen (secondary N) is 2. The molecule has 0 unspecified atom stereocenters. The van der Waals surface area contributed by atoms with Crippen molar-refractivity contribution in [2.75, 3.05) is 6.54 Å². The quantitative estimate of drug-likeness (QED) is 0.678. The van der Waals surface area contributed by atoms with E-state index in [2.05, 4.69) is 15.4 Å². The average molecular weight is 419 g/mol. The Labute approximate surface area is 167 Å². The zero-order chi connectivity index (χ0) is 19.8. The van der Waals surface area contributed by atoms with Gasteiger partial charge >= 0.3 is 5.69 Å². The zero-order valence-corrected chi connectivity index (χ0v) is 15.7. The van der Waals surface area contributed by atoms with Gasteiger partial charge in [-0.25, -0.2) is 4.79 Å². The fraction of sp³-hybridized carbons (Fsp3) is 0.111. The van der Waals surface area contributed by atoms with Crippen molar-refractivity contribution in [1.82, 2.24) is 20.1 Å². The second-order valence-corrected chi connectivity index (χ2v) is 6.83. The molecule has 28 heavy (non-hydrogen) atoms. The van der Waals surface area contributed by atoms with Crippen LogP contribution in [-0.4, -0.2) is 27.2 Å². The van der Waals surface area contributed by atoms with Crippen molar-refractivity contribution < 1.29 is 9.53 Å². The summed E-state index contributed by atoms with van der Waals surface area (Å²) in [6.45, 7) is 0.601. The highest BCUT2D eigenvalue weighted by molar-refractivity contribution is 6.37. The number of hydrogen-bond acceptors (Lipinski definition) is 5. The van der Waals surface area contributed by atoms with Gasteiger partial charge in [-0.15, -0.1) is 0 Å². The molecule has 8 nitrogen and oxygen atoms in total. The van der Waals surface area contributed by atoms with E-state index < -0.39 is 11.2 Å². The minimum Gasteiger partial charge on any atom is -0.454 e. The standard InChI is InChI=1S/C18H12Cl2N4O4/c19-13-5-10(24-18(27)23-15(25)8-22-24)6-14(20)16(13)28-11-2-1-9-3-4-21-17(26)12(9)7-11/h1-2,5-8H,3-4H2,(H,21,26)(H,23,25,27). The maximum absolute atomic E-state index is 12.0. The van der Waals surface area contributed by atoms with E-state index in [1.165, 1.54) is 12.1 Å². The SMILES string of the molecule is O=C1NCCc2ccc(Oc3c(Cl)cc(-n4ncc(=O)[nH]c4=O)cc3Cl)cc21. The first kappa shape index (κ1) is 18.3. The van der Waals surface area contributed by atoms with Crippen LogP contribution in [0.1, 0.15) is 15.9 Å². The molecular formula is C18H12Cl2N4O4. The third-order valence-corrected chi connectivity index (χ3v) is 4.73. The predicted octanol–water partition coefficient (Wildman–Crippen LogP) is 2.31. The van der Waals surface area contributed by atoms with E-state index in [0.29, 0.717) is 17.9 Å². The van der Waals surface area contributed by atoms with Crippen molar-refractivity contribution in [2.24, 2.45) is 0 Å². The van der Waals surface area contributed by atoms with Gasteiger partial charge in [-0.1, -0.05) is 29.3 Å². The highest BCUT2D eigenvalue weighted by atomic mass is 35.5. The highest BCUT2D eigenvalue weighted by Gasteiger charge is 2.19. The average Bonchev–Trinajstić information content (AvgIpc) is 2.65. The highest BCUT2D eigenvalue weighted by Crippen LogP contribution is 2.38. The van der Waals surface area contributed by atoms with Crippen LogP contribution in [-0.2, 0) is 6.42 Å². The van der Waals surface area contributed by atoms with Crippen LogP contribution in [0.4, 0.5) is 0 Å². The van der Waals surface area contributed by atoms with E-state index in [-0.39, 0.29) is 27.4 Å². The summed E-state index contributed by atoms with van der Waals surface area (Å²) in [5.41, 5.74) is 0.390. The molecule has 1 aliphatic rings. The number of aromatic amines is 1. The Bertz CT molecular complexity index is 1200. The number of ether oxygens (including phenoxy) is 1. The van der Waals surface area contributed by atoms with Gasteiger partial charge in [0.05, 0.1) is 15.7 Å². The van der Waals surface area contributed by atoms with Gasteiger partial charge in [-0.2, -0.15) is 9.78 Å². The van der Waals surface area contributed by atoms with Gasteiger partial charge in [0.1, 0.15) is 11.9 Å². The van der Waals surface area contributed by atoms with Crippen LogP contribution in [0.3, 0.4) is 0 Å². The van der Waals surface area contributed by atoms with Crippen molar-refractivity contribution in [1.29, 1.82) is 0 Å². The summed E-state index contributed by atoms with van der Waals surface area (Å²) < 4.78 is 6.74. The maximum Gasteiger partial charge on any atom is 0.349 e. The number of nitrogens with zero attached hydrogens (tertiary/aromatic N) is 2. The summed E-state index contributed by atoms with van der Waals surface area (Å²) in [5, 5.41) is 6.79. The van der Waals surface area contributed by atoms with Crippen LogP contribution in [0.2, 0.25) is 10.0 Å². The summed E-state index contributed by atoms with van der Waals surface area (Å²) in [5.74, 6) is 0.398. The van der Waals surface area contributed by atoms with Gasteiger partial charge < -0.3 is 10.1 Å². The monoisotopic (exact) mass is 418 g/mol. The van der Waals surface area contributed by atoms with E-state index in [4.69, 9.17) is 27.9 Å². The Balaban J connectivity index is 1.70. The van der Waals surface area contributed by atoms with Crippen LogP contribution in [0.15, 0.2) is 46.1 Å². The number of carbonyl (C=O) groups excluding carboxylic acids is 1. The number of hydrogen-bond donors (Lipinski definition) is 2. The lowest BCUT2D eigenvalue weighted by atomic mass is 10.0. The summed E-state index contributed by atoms with van der Waals surface area (Å²) in [7, 11) is 0. The molecular weight excluding hydrogens is 407 g/mol. The molecule has 0 aliphatic carbocycles. The van der Waals surface area contributed by atoms with Crippen LogP contribution in [0.5, 0.6) is 11.5 Å². The lowest BCUT2D eigenvalue weighted by Crippen LogP contribution is -2.31. The van der Waals surface area contributed by atoms with Gasteiger partial charge in [-0.3, -0.25) is 14.6 Å². The molecule has 1 aliphatic heterocycles. The molecule has 142 valence electrons. The molecule has 2 N–H and O–H groups in total. The lowest BCUT2D eigenvalue weighted by Gasteiger charge is -2.18. The van der Waals surface area contributed by atoms with Gasteiger partial charge in [0.2, 0.25) is 0 Å². The van der Waals surface area contributed by atoms with Gasteiger partial charge in [0.15, 0.2) is 5.75 Å². The second-order valence-electron chi connectivity index (χ2n) is 6.02. The Morgan fingerprint density at radius 2 is 1.82 bits per heavy atom.